The Labute approximate surface area is 114 Å². The maximum absolute atomic E-state index is 3.70. The Bertz CT molecular complexity index is 204. The van der Waals surface area contributed by atoms with Crippen molar-refractivity contribution in [3.63, 3.8) is 0 Å². The van der Waals surface area contributed by atoms with Crippen molar-refractivity contribution in [3.05, 3.63) is 0 Å². The quantitative estimate of drug-likeness (QED) is 0.702. The average molecular weight is 255 g/mol. The molecule has 0 saturated carbocycles. The number of unbranched alkanes of at least 4 members (excludes halogenated alkanes) is 1. The van der Waals surface area contributed by atoms with Gasteiger partial charge in [0.15, 0.2) is 0 Å². The standard InChI is InChI=1S/C15H33N3/c1-14(2)12-15-13-18(11-7-8-16-15)10-6-5-9-17(3)4/h14-16H,5-13H2,1-4H3. The molecule has 0 radical (unpaired) electrons. The minimum absolute atomic E-state index is 0.710. The number of hydrogen-bond donors (Lipinski definition) is 1. The second-order valence-electron chi connectivity index (χ2n) is 6.45. The summed E-state index contributed by atoms with van der Waals surface area (Å²) in [7, 11) is 4.32. The van der Waals surface area contributed by atoms with Crippen molar-refractivity contribution in [3.8, 4) is 0 Å². The van der Waals surface area contributed by atoms with E-state index in [1.54, 1.807) is 0 Å². The summed E-state index contributed by atoms with van der Waals surface area (Å²) in [5.41, 5.74) is 0. The number of rotatable bonds is 7. The Hall–Kier alpha value is -0.120. The molecule has 0 amide bonds. The highest BCUT2D eigenvalue weighted by atomic mass is 15.2. The molecule has 1 atom stereocenters. The lowest BCUT2D eigenvalue weighted by atomic mass is 10.0. The van der Waals surface area contributed by atoms with Crippen molar-refractivity contribution >= 4 is 0 Å². The molecule has 18 heavy (non-hydrogen) atoms. The molecule has 0 bridgehead atoms. The van der Waals surface area contributed by atoms with E-state index in [1.807, 2.05) is 0 Å². The van der Waals surface area contributed by atoms with Gasteiger partial charge in [0.2, 0.25) is 0 Å². The minimum atomic E-state index is 0.710. The molecule has 0 aromatic rings. The highest BCUT2D eigenvalue weighted by Gasteiger charge is 2.17. The van der Waals surface area contributed by atoms with E-state index >= 15 is 0 Å². The third kappa shape index (κ3) is 7.34. The lowest BCUT2D eigenvalue weighted by Crippen LogP contribution is -2.39. The van der Waals surface area contributed by atoms with Crippen LogP contribution in [-0.2, 0) is 0 Å². The Balaban J connectivity index is 2.22. The molecule has 1 N–H and O–H groups in total. The van der Waals surface area contributed by atoms with Gasteiger partial charge < -0.3 is 15.1 Å². The number of nitrogens with zero attached hydrogens (tertiary/aromatic N) is 2. The summed E-state index contributed by atoms with van der Waals surface area (Å²) in [6.07, 6.45) is 5.29. The monoisotopic (exact) mass is 255 g/mol. The second kappa shape index (κ2) is 8.89. The Kier molecular flexibility index (Phi) is 7.87. The fourth-order valence-electron chi connectivity index (χ4n) is 2.77. The van der Waals surface area contributed by atoms with E-state index in [2.05, 4.69) is 43.1 Å². The number of hydrogen-bond acceptors (Lipinski definition) is 3. The molecule has 1 unspecified atom stereocenters. The summed E-state index contributed by atoms with van der Waals surface area (Å²) in [6.45, 7) is 10.9. The SMILES string of the molecule is CC(C)CC1CN(CCCCN(C)C)CCCN1. The molecule has 0 aliphatic carbocycles. The molecule has 108 valence electrons. The van der Waals surface area contributed by atoms with E-state index in [4.69, 9.17) is 0 Å². The van der Waals surface area contributed by atoms with Gasteiger partial charge in [-0.25, -0.2) is 0 Å². The minimum Gasteiger partial charge on any atom is -0.313 e. The molecule has 1 aliphatic rings. The second-order valence-corrected chi connectivity index (χ2v) is 6.45. The average Bonchev–Trinajstić information content (AvgIpc) is 2.49. The molecular formula is C15H33N3. The van der Waals surface area contributed by atoms with Crippen LogP contribution in [-0.4, -0.2) is 62.7 Å². The Morgan fingerprint density at radius 2 is 2.06 bits per heavy atom. The van der Waals surface area contributed by atoms with Crippen molar-refractivity contribution in [2.75, 3.05) is 46.8 Å². The summed E-state index contributed by atoms with van der Waals surface area (Å²) < 4.78 is 0. The Morgan fingerprint density at radius 3 is 2.72 bits per heavy atom. The molecule has 1 fully saturated rings. The third-order valence-electron chi connectivity index (χ3n) is 3.65. The van der Waals surface area contributed by atoms with Crippen LogP contribution in [0.15, 0.2) is 0 Å². The molecular weight excluding hydrogens is 222 g/mol. The highest BCUT2D eigenvalue weighted by Crippen LogP contribution is 2.10. The van der Waals surface area contributed by atoms with Crippen molar-refractivity contribution in [2.45, 2.75) is 45.6 Å². The molecule has 3 heteroatoms. The van der Waals surface area contributed by atoms with Gasteiger partial charge in [-0.15, -0.1) is 0 Å². The first kappa shape index (κ1) is 15.9. The van der Waals surface area contributed by atoms with Gasteiger partial charge in [-0.3, -0.25) is 0 Å². The maximum atomic E-state index is 3.70. The molecule has 1 rings (SSSR count). The molecule has 0 spiro atoms. The first-order valence-electron chi connectivity index (χ1n) is 7.68. The first-order valence-corrected chi connectivity index (χ1v) is 7.68. The molecule has 1 saturated heterocycles. The van der Waals surface area contributed by atoms with Crippen LogP contribution >= 0.6 is 0 Å². The fraction of sp³-hybridized carbons (Fsp3) is 1.00. The summed E-state index contributed by atoms with van der Waals surface area (Å²) in [5, 5.41) is 3.70. The predicted octanol–water partition coefficient (Wildman–Crippen LogP) is 2.04. The van der Waals surface area contributed by atoms with E-state index < -0.39 is 0 Å². The van der Waals surface area contributed by atoms with Gasteiger partial charge in [0.25, 0.3) is 0 Å². The van der Waals surface area contributed by atoms with Gasteiger partial charge in [-0.05, 0) is 71.9 Å². The molecule has 0 aromatic carbocycles. The molecule has 1 aliphatic heterocycles. The van der Waals surface area contributed by atoms with Gasteiger partial charge in [0, 0.05) is 12.6 Å². The largest absolute Gasteiger partial charge is 0.313 e. The summed E-state index contributed by atoms with van der Waals surface area (Å²) >= 11 is 0. The Morgan fingerprint density at radius 1 is 1.28 bits per heavy atom. The van der Waals surface area contributed by atoms with Gasteiger partial charge in [-0.1, -0.05) is 13.8 Å². The van der Waals surface area contributed by atoms with Crippen LogP contribution in [0, 0.1) is 5.92 Å². The van der Waals surface area contributed by atoms with E-state index in [9.17, 15) is 0 Å². The summed E-state index contributed by atoms with van der Waals surface area (Å²) in [6, 6.07) is 0.710. The maximum Gasteiger partial charge on any atom is 0.0197 e. The molecule has 0 aromatic heterocycles. The highest BCUT2D eigenvalue weighted by molar-refractivity contribution is 4.77. The van der Waals surface area contributed by atoms with Crippen LogP contribution in [0.5, 0.6) is 0 Å². The van der Waals surface area contributed by atoms with Crippen molar-refractivity contribution in [1.29, 1.82) is 0 Å². The topological polar surface area (TPSA) is 18.5 Å². The van der Waals surface area contributed by atoms with Crippen LogP contribution in [0.3, 0.4) is 0 Å². The van der Waals surface area contributed by atoms with E-state index in [0.717, 1.165) is 5.92 Å². The van der Waals surface area contributed by atoms with Crippen LogP contribution in [0.4, 0.5) is 0 Å². The van der Waals surface area contributed by atoms with E-state index in [0.29, 0.717) is 6.04 Å². The van der Waals surface area contributed by atoms with Crippen LogP contribution < -0.4 is 5.32 Å². The van der Waals surface area contributed by atoms with E-state index in [1.165, 1.54) is 58.4 Å². The van der Waals surface area contributed by atoms with Crippen molar-refractivity contribution in [1.82, 2.24) is 15.1 Å². The predicted molar refractivity (Wildman–Crippen MR) is 80.1 cm³/mol. The lowest BCUT2D eigenvalue weighted by molar-refractivity contribution is 0.246. The van der Waals surface area contributed by atoms with Gasteiger partial charge in [-0.2, -0.15) is 0 Å². The smallest absolute Gasteiger partial charge is 0.0197 e. The third-order valence-corrected chi connectivity index (χ3v) is 3.65. The first-order chi connectivity index (χ1) is 8.58. The van der Waals surface area contributed by atoms with Crippen LogP contribution in [0.2, 0.25) is 0 Å². The zero-order valence-corrected chi connectivity index (χ0v) is 12.9. The van der Waals surface area contributed by atoms with Gasteiger partial charge in [0.05, 0.1) is 0 Å². The van der Waals surface area contributed by atoms with E-state index in [-0.39, 0.29) is 0 Å². The molecule has 3 nitrogen and oxygen atoms in total. The zero-order valence-electron chi connectivity index (χ0n) is 12.9. The fourth-order valence-corrected chi connectivity index (χ4v) is 2.77. The normalized spacial score (nSPS) is 22.7. The lowest BCUT2D eigenvalue weighted by Gasteiger charge is -2.25. The van der Waals surface area contributed by atoms with Gasteiger partial charge >= 0.3 is 0 Å². The van der Waals surface area contributed by atoms with Crippen LogP contribution in [0.25, 0.3) is 0 Å². The summed E-state index contributed by atoms with van der Waals surface area (Å²) in [5.74, 6) is 0.802. The van der Waals surface area contributed by atoms with Crippen LogP contribution in [0.1, 0.15) is 39.5 Å². The van der Waals surface area contributed by atoms with Crippen molar-refractivity contribution < 1.29 is 0 Å². The zero-order chi connectivity index (χ0) is 13.4. The number of nitrogens with one attached hydrogen (secondary N) is 1. The summed E-state index contributed by atoms with van der Waals surface area (Å²) in [4.78, 5) is 4.95. The van der Waals surface area contributed by atoms with Gasteiger partial charge in [0.1, 0.15) is 0 Å². The molecule has 1 heterocycles. The van der Waals surface area contributed by atoms with Crippen molar-refractivity contribution in [2.24, 2.45) is 5.92 Å².